The van der Waals surface area contributed by atoms with Crippen LogP contribution in [0.4, 0.5) is 0 Å². The van der Waals surface area contributed by atoms with Crippen molar-refractivity contribution in [2.24, 2.45) is 17.1 Å². The summed E-state index contributed by atoms with van der Waals surface area (Å²) in [6.07, 6.45) is 9.85. The Morgan fingerprint density at radius 2 is 2.08 bits per heavy atom. The second kappa shape index (κ2) is 3.02. The molecule has 2 atom stereocenters. The Kier molecular flexibility index (Phi) is 2.16. The predicted octanol–water partition coefficient (Wildman–Crippen LogP) is 2.69. The molecule has 0 radical (unpaired) electrons. The Morgan fingerprint density at radius 3 is 2.50 bits per heavy atom. The molecule has 2 fully saturated rings. The Bertz CT molecular complexity index is 160. The minimum atomic E-state index is 0.527. The fourth-order valence-corrected chi connectivity index (χ4v) is 2.98. The van der Waals surface area contributed by atoms with E-state index in [-0.39, 0.29) is 0 Å². The first-order valence-electron chi connectivity index (χ1n) is 5.44. The zero-order chi connectivity index (χ0) is 8.60. The van der Waals surface area contributed by atoms with Gasteiger partial charge in [0.1, 0.15) is 0 Å². The summed E-state index contributed by atoms with van der Waals surface area (Å²) in [4.78, 5) is 0. The lowest BCUT2D eigenvalue weighted by molar-refractivity contribution is 0.118. The van der Waals surface area contributed by atoms with Gasteiger partial charge in [-0.3, -0.25) is 0 Å². The molecule has 0 saturated heterocycles. The average Bonchev–Trinajstić information content (AvgIpc) is 2.32. The lowest BCUT2D eigenvalue weighted by Crippen LogP contribution is -2.28. The van der Waals surface area contributed by atoms with Crippen molar-refractivity contribution in [1.29, 1.82) is 0 Å². The van der Waals surface area contributed by atoms with Gasteiger partial charge in [-0.05, 0) is 49.9 Å². The van der Waals surface area contributed by atoms with E-state index in [1.165, 1.54) is 44.9 Å². The lowest BCUT2D eigenvalue weighted by atomic mass is 9.65. The van der Waals surface area contributed by atoms with E-state index in [9.17, 15) is 0 Å². The SMILES string of the molecule is CC1(CC2CCC(N)C2)CCC1. The summed E-state index contributed by atoms with van der Waals surface area (Å²) in [6, 6.07) is 0.527. The van der Waals surface area contributed by atoms with Crippen molar-refractivity contribution in [2.75, 3.05) is 0 Å². The molecule has 0 amide bonds. The molecule has 2 unspecified atom stereocenters. The van der Waals surface area contributed by atoms with Crippen LogP contribution >= 0.6 is 0 Å². The van der Waals surface area contributed by atoms with Gasteiger partial charge in [-0.1, -0.05) is 13.3 Å². The van der Waals surface area contributed by atoms with Crippen LogP contribution < -0.4 is 5.73 Å². The molecule has 2 rings (SSSR count). The van der Waals surface area contributed by atoms with Crippen LogP contribution in [0.2, 0.25) is 0 Å². The monoisotopic (exact) mass is 167 g/mol. The number of hydrogen-bond donors (Lipinski definition) is 1. The van der Waals surface area contributed by atoms with Crippen LogP contribution in [-0.4, -0.2) is 6.04 Å². The molecular formula is C11H21N. The van der Waals surface area contributed by atoms with Crippen molar-refractivity contribution in [3.8, 4) is 0 Å². The summed E-state index contributed by atoms with van der Waals surface area (Å²) in [5.74, 6) is 0.963. The maximum absolute atomic E-state index is 5.90. The van der Waals surface area contributed by atoms with Gasteiger partial charge >= 0.3 is 0 Å². The zero-order valence-corrected chi connectivity index (χ0v) is 8.18. The maximum atomic E-state index is 5.90. The van der Waals surface area contributed by atoms with E-state index in [2.05, 4.69) is 6.92 Å². The smallest absolute Gasteiger partial charge is 0.00415 e. The first-order valence-corrected chi connectivity index (χ1v) is 5.44. The highest BCUT2D eigenvalue weighted by Crippen LogP contribution is 2.47. The van der Waals surface area contributed by atoms with Crippen molar-refractivity contribution in [3.63, 3.8) is 0 Å². The van der Waals surface area contributed by atoms with Crippen LogP contribution in [0.5, 0.6) is 0 Å². The second-order valence-electron chi connectivity index (χ2n) is 5.31. The Balaban J connectivity index is 1.79. The van der Waals surface area contributed by atoms with Gasteiger partial charge in [0.15, 0.2) is 0 Å². The van der Waals surface area contributed by atoms with E-state index < -0.39 is 0 Å². The van der Waals surface area contributed by atoms with Gasteiger partial charge in [0.2, 0.25) is 0 Å². The molecule has 12 heavy (non-hydrogen) atoms. The highest BCUT2D eigenvalue weighted by Gasteiger charge is 2.35. The summed E-state index contributed by atoms with van der Waals surface area (Å²) >= 11 is 0. The highest BCUT2D eigenvalue weighted by molar-refractivity contribution is 4.88. The quantitative estimate of drug-likeness (QED) is 0.672. The molecule has 0 aliphatic heterocycles. The fourth-order valence-electron chi connectivity index (χ4n) is 2.98. The summed E-state index contributed by atoms with van der Waals surface area (Å²) in [5, 5.41) is 0. The standard InChI is InChI=1S/C11H21N/c1-11(5-2-6-11)8-9-3-4-10(12)7-9/h9-10H,2-8,12H2,1H3. The molecule has 70 valence electrons. The third-order valence-corrected chi connectivity index (χ3v) is 3.92. The minimum Gasteiger partial charge on any atom is -0.328 e. The molecule has 0 aromatic rings. The topological polar surface area (TPSA) is 26.0 Å². The average molecular weight is 167 g/mol. The minimum absolute atomic E-state index is 0.527. The first-order chi connectivity index (χ1) is 5.68. The molecular weight excluding hydrogens is 146 g/mol. The summed E-state index contributed by atoms with van der Waals surface area (Å²) < 4.78 is 0. The highest BCUT2D eigenvalue weighted by atomic mass is 14.6. The molecule has 0 heterocycles. The molecule has 0 aromatic carbocycles. The van der Waals surface area contributed by atoms with Crippen molar-refractivity contribution < 1.29 is 0 Å². The molecule has 2 N–H and O–H groups in total. The van der Waals surface area contributed by atoms with E-state index in [0.29, 0.717) is 11.5 Å². The van der Waals surface area contributed by atoms with Gasteiger partial charge in [0, 0.05) is 6.04 Å². The van der Waals surface area contributed by atoms with Gasteiger partial charge in [-0.2, -0.15) is 0 Å². The molecule has 2 aliphatic carbocycles. The molecule has 1 heteroatoms. The van der Waals surface area contributed by atoms with Crippen molar-refractivity contribution in [2.45, 2.75) is 57.9 Å². The van der Waals surface area contributed by atoms with Crippen molar-refractivity contribution >= 4 is 0 Å². The summed E-state index contributed by atoms with van der Waals surface area (Å²) in [5.41, 5.74) is 6.62. The molecule has 0 bridgehead atoms. The van der Waals surface area contributed by atoms with E-state index in [1.807, 2.05) is 0 Å². The molecule has 2 saturated carbocycles. The summed E-state index contributed by atoms with van der Waals surface area (Å²) in [6.45, 7) is 2.46. The lowest BCUT2D eigenvalue weighted by Gasteiger charge is -2.40. The van der Waals surface area contributed by atoms with Gasteiger partial charge in [0.05, 0.1) is 0 Å². The maximum Gasteiger partial charge on any atom is 0.00415 e. The molecule has 0 aromatic heterocycles. The van der Waals surface area contributed by atoms with Crippen LogP contribution in [0, 0.1) is 11.3 Å². The number of hydrogen-bond acceptors (Lipinski definition) is 1. The fraction of sp³-hybridized carbons (Fsp3) is 1.00. The Hall–Kier alpha value is -0.0400. The van der Waals surface area contributed by atoms with E-state index in [4.69, 9.17) is 5.73 Å². The van der Waals surface area contributed by atoms with Gasteiger partial charge in [-0.15, -0.1) is 0 Å². The third-order valence-electron chi connectivity index (χ3n) is 3.92. The van der Waals surface area contributed by atoms with Crippen molar-refractivity contribution in [1.82, 2.24) is 0 Å². The van der Waals surface area contributed by atoms with E-state index in [1.54, 1.807) is 0 Å². The Labute approximate surface area is 75.7 Å². The van der Waals surface area contributed by atoms with E-state index in [0.717, 1.165) is 5.92 Å². The van der Waals surface area contributed by atoms with Gasteiger partial charge in [-0.25, -0.2) is 0 Å². The largest absolute Gasteiger partial charge is 0.328 e. The third kappa shape index (κ3) is 1.66. The van der Waals surface area contributed by atoms with Crippen molar-refractivity contribution in [3.05, 3.63) is 0 Å². The van der Waals surface area contributed by atoms with Gasteiger partial charge in [0.25, 0.3) is 0 Å². The van der Waals surface area contributed by atoms with Crippen LogP contribution in [0.1, 0.15) is 51.9 Å². The first kappa shape index (κ1) is 8.55. The van der Waals surface area contributed by atoms with Crippen LogP contribution in [0.15, 0.2) is 0 Å². The number of nitrogens with two attached hydrogens (primary N) is 1. The number of rotatable bonds is 2. The van der Waals surface area contributed by atoms with Gasteiger partial charge < -0.3 is 5.73 Å². The zero-order valence-electron chi connectivity index (χ0n) is 8.18. The Morgan fingerprint density at radius 1 is 1.33 bits per heavy atom. The molecule has 2 aliphatic rings. The second-order valence-corrected chi connectivity index (χ2v) is 5.31. The summed E-state index contributed by atoms with van der Waals surface area (Å²) in [7, 11) is 0. The van der Waals surface area contributed by atoms with E-state index >= 15 is 0 Å². The molecule has 0 spiro atoms. The molecule has 1 nitrogen and oxygen atoms in total. The normalized spacial score (nSPS) is 39.5. The van der Waals surface area contributed by atoms with Crippen LogP contribution in [0.3, 0.4) is 0 Å². The predicted molar refractivity (Wildman–Crippen MR) is 51.9 cm³/mol. The van der Waals surface area contributed by atoms with Crippen LogP contribution in [-0.2, 0) is 0 Å². The van der Waals surface area contributed by atoms with Crippen LogP contribution in [0.25, 0.3) is 0 Å².